The third kappa shape index (κ3) is 3.65. The molecular formula is C16H17NO4S. The highest BCUT2D eigenvalue weighted by Gasteiger charge is 2.12. The quantitative estimate of drug-likeness (QED) is 0.860. The largest absolute Gasteiger partial charge is 0.504 e. The summed E-state index contributed by atoms with van der Waals surface area (Å²) in [5, 5.41) is 10.0. The number of ether oxygens (including phenoxy) is 1. The van der Waals surface area contributed by atoms with E-state index in [4.69, 9.17) is 4.74 Å². The number of aromatic hydroxyl groups is 1. The van der Waals surface area contributed by atoms with Gasteiger partial charge in [0.2, 0.25) is 0 Å². The number of aryl methyl sites for hydroxylation is 1. The minimum Gasteiger partial charge on any atom is -0.504 e. The number of nitrogens with zero attached hydrogens (tertiary/aromatic N) is 1. The molecule has 5 nitrogen and oxygen atoms in total. The lowest BCUT2D eigenvalue weighted by Crippen LogP contribution is -1.98. The topological polar surface area (TPSA) is 76.0 Å². The predicted octanol–water partition coefficient (Wildman–Crippen LogP) is 2.91. The van der Waals surface area contributed by atoms with Crippen molar-refractivity contribution in [2.75, 3.05) is 6.61 Å². The van der Waals surface area contributed by atoms with Gasteiger partial charge in [-0.3, -0.25) is 0 Å². The predicted molar refractivity (Wildman–Crippen MR) is 85.2 cm³/mol. The maximum atomic E-state index is 12.1. The van der Waals surface area contributed by atoms with E-state index in [0.717, 1.165) is 11.8 Å². The molecule has 2 rings (SSSR count). The fourth-order valence-electron chi connectivity index (χ4n) is 1.81. The van der Waals surface area contributed by atoms with Crippen LogP contribution < -0.4 is 4.74 Å². The van der Waals surface area contributed by atoms with E-state index in [1.54, 1.807) is 37.3 Å². The van der Waals surface area contributed by atoms with Gasteiger partial charge in [0.1, 0.15) is 0 Å². The Balaban J connectivity index is 2.31. The molecule has 22 heavy (non-hydrogen) atoms. The molecule has 0 heterocycles. The summed E-state index contributed by atoms with van der Waals surface area (Å²) in [5.74, 6) is 0.159. The number of sulfonamides is 1. The van der Waals surface area contributed by atoms with Gasteiger partial charge >= 0.3 is 0 Å². The van der Waals surface area contributed by atoms with Gasteiger partial charge in [-0.1, -0.05) is 23.8 Å². The van der Waals surface area contributed by atoms with Crippen LogP contribution in [0.3, 0.4) is 0 Å². The number of hydrogen-bond acceptors (Lipinski definition) is 4. The van der Waals surface area contributed by atoms with Crippen LogP contribution in [0.25, 0.3) is 0 Å². The number of phenolic OH excluding ortho intramolecular Hbond substituents is 1. The number of benzene rings is 2. The van der Waals surface area contributed by atoms with Crippen molar-refractivity contribution in [3.8, 4) is 11.5 Å². The van der Waals surface area contributed by atoms with Crippen LogP contribution in [0.15, 0.2) is 51.8 Å². The normalized spacial score (nSPS) is 11.7. The van der Waals surface area contributed by atoms with Crippen molar-refractivity contribution in [1.29, 1.82) is 0 Å². The first-order valence-electron chi connectivity index (χ1n) is 6.76. The Morgan fingerprint density at radius 2 is 1.86 bits per heavy atom. The highest BCUT2D eigenvalue weighted by atomic mass is 32.2. The van der Waals surface area contributed by atoms with Crippen molar-refractivity contribution >= 4 is 16.2 Å². The molecule has 0 aliphatic carbocycles. The molecule has 0 saturated carbocycles. The average Bonchev–Trinajstić information content (AvgIpc) is 2.49. The van der Waals surface area contributed by atoms with Crippen LogP contribution in [0, 0.1) is 6.92 Å². The summed E-state index contributed by atoms with van der Waals surface area (Å²) >= 11 is 0. The molecule has 0 spiro atoms. The average molecular weight is 319 g/mol. The van der Waals surface area contributed by atoms with Gasteiger partial charge in [-0.15, -0.1) is 0 Å². The van der Waals surface area contributed by atoms with E-state index in [2.05, 4.69) is 4.40 Å². The highest BCUT2D eigenvalue weighted by molar-refractivity contribution is 7.90. The molecule has 0 unspecified atom stereocenters. The zero-order valence-electron chi connectivity index (χ0n) is 12.4. The molecule has 0 saturated heterocycles. The molecule has 116 valence electrons. The van der Waals surface area contributed by atoms with Crippen molar-refractivity contribution in [2.45, 2.75) is 18.7 Å². The maximum Gasteiger partial charge on any atom is 0.282 e. The SMILES string of the molecule is CCOc1cccc(/C=N\S(=O)(=O)c2ccc(C)cc2)c1O. The van der Waals surface area contributed by atoms with E-state index < -0.39 is 10.0 Å². The molecule has 1 N–H and O–H groups in total. The first-order chi connectivity index (χ1) is 10.4. The molecule has 0 atom stereocenters. The van der Waals surface area contributed by atoms with Crippen molar-refractivity contribution < 1.29 is 18.3 Å². The molecule has 0 fully saturated rings. The first-order valence-corrected chi connectivity index (χ1v) is 8.20. The fourth-order valence-corrected chi connectivity index (χ4v) is 2.67. The van der Waals surface area contributed by atoms with Crippen LogP contribution in [0.4, 0.5) is 0 Å². The lowest BCUT2D eigenvalue weighted by molar-refractivity contribution is 0.318. The van der Waals surface area contributed by atoms with Gasteiger partial charge in [0.15, 0.2) is 11.5 Å². The van der Waals surface area contributed by atoms with E-state index in [0.29, 0.717) is 12.4 Å². The van der Waals surface area contributed by atoms with E-state index in [1.807, 2.05) is 6.92 Å². The molecule has 0 aliphatic rings. The molecule has 0 aliphatic heterocycles. The number of rotatable bonds is 5. The summed E-state index contributed by atoms with van der Waals surface area (Å²) in [7, 11) is -3.80. The van der Waals surface area contributed by atoms with Gasteiger partial charge in [0.25, 0.3) is 10.0 Å². The second kappa shape index (κ2) is 6.62. The lowest BCUT2D eigenvalue weighted by atomic mass is 10.2. The first kappa shape index (κ1) is 16.0. The summed E-state index contributed by atoms with van der Waals surface area (Å²) in [6, 6.07) is 11.2. The Kier molecular flexibility index (Phi) is 4.82. The summed E-state index contributed by atoms with van der Waals surface area (Å²) in [5.41, 5.74) is 1.24. The number of para-hydroxylation sites is 1. The highest BCUT2D eigenvalue weighted by Crippen LogP contribution is 2.28. The molecule has 2 aromatic rings. The maximum absolute atomic E-state index is 12.1. The van der Waals surface area contributed by atoms with Gasteiger partial charge < -0.3 is 9.84 Å². The molecule has 6 heteroatoms. The molecule has 0 bridgehead atoms. The summed E-state index contributed by atoms with van der Waals surface area (Å²) in [4.78, 5) is 0.106. The van der Waals surface area contributed by atoms with Gasteiger partial charge in [-0.2, -0.15) is 12.8 Å². The minimum atomic E-state index is -3.80. The van der Waals surface area contributed by atoms with Crippen molar-refractivity contribution in [3.05, 3.63) is 53.6 Å². The zero-order chi connectivity index (χ0) is 16.2. The van der Waals surface area contributed by atoms with Crippen molar-refractivity contribution in [3.63, 3.8) is 0 Å². The second-order valence-electron chi connectivity index (χ2n) is 4.65. The minimum absolute atomic E-state index is 0.106. The van der Waals surface area contributed by atoms with E-state index in [1.165, 1.54) is 12.1 Å². The van der Waals surface area contributed by atoms with E-state index >= 15 is 0 Å². The van der Waals surface area contributed by atoms with Crippen LogP contribution in [-0.2, 0) is 10.0 Å². The number of hydrogen-bond donors (Lipinski definition) is 1. The molecule has 0 amide bonds. The Bertz CT molecular complexity index is 780. The van der Waals surface area contributed by atoms with Gasteiger partial charge in [-0.05, 0) is 38.1 Å². The molecule has 0 aromatic heterocycles. The van der Waals surface area contributed by atoms with E-state index in [-0.39, 0.29) is 16.2 Å². The third-order valence-corrected chi connectivity index (χ3v) is 4.23. The molecule has 0 radical (unpaired) electrons. The van der Waals surface area contributed by atoms with Gasteiger partial charge in [0, 0.05) is 5.56 Å². The molecular weight excluding hydrogens is 302 g/mol. The van der Waals surface area contributed by atoms with Crippen LogP contribution in [0.1, 0.15) is 18.1 Å². The number of phenols is 1. The van der Waals surface area contributed by atoms with Crippen LogP contribution >= 0.6 is 0 Å². The Hall–Kier alpha value is -2.34. The Morgan fingerprint density at radius 3 is 2.50 bits per heavy atom. The smallest absolute Gasteiger partial charge is 0.282 e. The monoisotopic (exact) mass is 319 g/mol. The Labute approximate surface area is 130 Å². The van der Waals surface area contributed by atoms with E-state index in [9.17, 15) is 13.5 Å². The standard InChI is InChI=1S/C16H17NO4S/c1-3-21-15-6-4-5-13(16(15)18)11-17-22(19,20)14-9-7-12(2)8-10-14/h4-11,18H,3H2,1-2H3/b17-11-. The van der Waals surface area contributed by atoms with Crippen LogP contribution in [0.5, 0.6) is 11.5 Å². The Morgan fingerprint density at radius 1 is 1.18 bits per heavy atom. The van der Waals surface area contributed by atoms with Crippen LogP contribution in [0.2, 0.25) is 0 Å². The lowest BCUT2D eigenvalue weighted by Gasteiger charge is -2.07. The summed E-state index contributed by atoms with van der Waals surface area (Å²) in [6.07, 6.45) is 1.12. The van der Waals surface area contributed by atoms with Crippen LogP contribution in [-0.4, -0.2) is 26.3 Å². The van der Waals surface area contributed by atoms with Crippen molar-refractivity contribution in [2.24, 2.45) is 4.40 Å². The summed E-state index contributed by atoms with van der Waals surface area (Å²) in [6.45, 7) is 4.06. The zero-order valence-corrected chi connectivity index (χ0v) is 13.2. The van der Waals surface area contributed by atoms with Crippen molar-refractivity contribution in [1.82, 2.24) is 0 Å². The summed E-state index contributed by atoms with van der Waals surface area (Å²) < 4.78 is 33.1. The van der Waals surface area contributed by atoms with Gasteiger partial charge in [0.05, 0.1) is 17.7 Å². The van der Waals surface area contributed by atoms with Gasteiger partial charge in [-0.25, -0.2) is 0 Å². The fraction of sp³-hybridized carbons (Fsp3) is 0.188. The molecule has 2 aromatic carbocycles. The third-order valence-electron chi connectivity index (χ3n) is 2.98. The second-order valence-corrected chi connectivity index (χ2v) is 6.28.